The van der Waals surface area contributed by atoms with E-state index in [2.05, 4.69) is 9.64 Å². The Morgan fingerprint density at radius 3 is 2.88 bits per heavy atom. The number of hydrogen-bond donors (Lipinski definition) is 0. The molecule has 1 saturated heterocycles. The Morgan fingerprint density at radius 2 is 2.38 bits per heavy atom. The lowest BCUT2D eigenvalue weighted by molar-refractivity contribution is -0.128. The molecule has 8 heavy (non-hydrogen) atoms. The molecule has 1 fully saturated rings. The number of rotatable bonds is 4. The van der Waals surface area contributed by atoms with Gasteiger partial charge in [-0.05, 0) is 0 Å². The molecule has 3 heteroatoms. The third-order valence-corrected chi connectivity index (χ3v) is 1.13. The van der Waals surface area contributed by atoms with E-state index < -0.39 is 0 Å². The first-order valence-corrected chi connectivity index (χ1v) is 2.71. The quantitative estimate of drug-likeness (QED) is 0.280. The molecule has 0 atom stereocenters. The maximum absolute atomic E-state index is 9.57. The average molecular weight is 115 g/mol. The van der Waals surface area contributed by atoms with Crippen molar-refractivity contribution in [2.75, 3.05) is 26.2 Å². The van der Waals surface area contributed by atoms with E-state index >= 15 is 0 Å². The Labute approximate surface area is 48.2 Å². The van der Waals surface area contributed by atoms with Gasteiger partial charge in [-0.2, -0.15) is 0 Å². The van der Waals surface area contributed by atoms with Crippen molar-refractivity contribution in [3.63, 3.8) is 0 Å². The van der Waals surface area contributed by atoms with Gasteiger partial charge < -0.3 is 4.74 Å². The molecule has 0 N–H and O–H groups in total. The smallest absolute Gasteiger partial charge is 0.293 e. The van der Waals surface area contributed by atoms with Crippen LogP contribution in [0.2, 0.25) is 0 Å². The summed E-state index contributed by atoms with van der Waals surface area (Å²) in [6.07, 6.45) is 0. The van der Waals surface area contributed by atoms with E-state index in [1.807, 2.05) is 0 Å². The molecule has 1 aliphatic heterocycles. The van der Waals surface area contributed by atoms with E-state index in [-0.39, 0.29) is 0 Å². The van der Waals surface area contributed by atoms with Crippen molar-refractivity contribution in [2.24, 2.45) is 0 Å². The molecule has 1 rings (SSSR count). The van der Waals surface area contributed by atoms with Crippen LogP contribution in [0.15, 0.2) is 0 Å². The molecule has 1 heterocycles. The van der Waals surface area contributed by atoms with Crippen molar-refractivity contribution in [3.05, 3.63) is 0 Å². The van der Waals surface area contributed by atoms with E-state index in [1.54, 1.807) is 0 Å². The molecule has 1 aliphatic rings. The second-order valence-corrected chi connectivity index (χ2v) is 1.81. The van der Waals surface area contributed by atoms with Gasteiger partial charge in [-0.25, -0.2) is 0 Å². The zero-order chi connectivity index (χ0) is 5.82. The first-order valence-electron chi connectivity index (χ1n) is 2.71. The predicted octanol–water partition coefficient (Wildman–Crippen LogP) is -0.525. The second kappa shape index (κ2) is 2.67. The molecule has 46 valence electrons. The van der Waals surface area contributed by atoms with Gasteiger partial charge in [0.1, 0.15) is 6.61 Å². The van der Waals surface area contributed by atoms with Gasteiger partial charge in [-0.1, -0.05) is 0 Å². The van der Waals surface area contributed by atoms with Crippen LogP contribution in [0.3, 0.4) is 0 Å². The fourth-order valence-corrected chi connectivity index (χ4v) is 0.524. The molecule has 3 nitrogen and oxygen atoms in total. The summed E-state index contributed by atoms with van der Waals surface area (Å²) in [6, 6.07) is 0. The van der Waals surface area contributed by atoms with Crippen molar-refractivity contribution in [2.45, 2.75) is 0 Å². The Morgan fingerprint density at radius 1 is 1.62 bits per heavy atom. The first-order chi connectivity index (χ1) is 3.93. The Bertz CT molecular complexity index is 80.5. The minimum Gasteiger partial charge on any atom is -0.467 e. The van der Waals surface area contributed by atoms with E-state index in [1.165, 1.54) is 13.1 Å². The number of hydrogen-bond acceptors (Lipinski definition) is 3. The Balaban J connectivity index is 1.80. The summed E-state index contributed by atoms with van der Waals surface area (Å²) in [6.45, 7) is 4.27. The summed E-state index contributed by atoms with van der Waals surface area (Å²) >= 11 is 0. The monoisotopic (exact) mass is 115 g/mol. The molecule has 0 aromatic carbocycles. The Hall–Kier alpha value is -0.570. The highest BCUT2D eigenvalue weighted by molar-refractivity contribution is 5.36. The molecule has 0 unspecified atom stereocenters. The lowest BCUT2D eigenvalue weighted by Crippen LogP contribution is -2.06. The number of carbonyl (C=O) groups is 1. The normalized spacial score (nSPS) is 18.0. The van der Waals surface area contributed by atoms with Gasteiger partial charge in [0, 0.05) is 19.6 Å². The van der Waals surface area contributed by atoms with Crippen LogP contribution < -0.4 is 0 Å². The number of carbonyl (C=O) groups excluding carboxylic acids is 1. The predicted molar refractivity (Wildman–Crippen MR) is 28.5 cm³/mol. The Kier molecular flexibility index (Phi) is 1.86. The largest absolute Gasteiger partial charge is 0.467 e. The van der Waals surface area contributed by atoms with E-state index in [4.69, 9.17) is 0 Å². The highest BCUT2D eigenvalue weighted by Crippen LogP contribution is 2.00. The highest BCUT2D eigenvalue weighted by atomic mass is 16.5. The lowest BCUT2D eigenvalue weighted by atomic mass is 10.7. The molecule has 0 radical (unpaired) electrons. The summed E-state index contributed by atoms with van der Waals surface area (Å²) in [5.74, 6) is 0. The molecular formula is C5H9NO2. The fourth-order valence-electron chi connectivity index (χ4n) is 0.524. The van der Waals surface area contributed by atoms with E-state index in [9.17, 15) is 4.79 Å². The highest BCUT2D eigenvalue weighted by Gasteiger charge is 2.15. The minimum absolute atomic E-state index is 0.490. The molecule has 0 aromatic rings. The summed E-state index contributed by atoms with van der Waals surface area (Å²) in [4.78, 5) is 11.8. The van der Waals surface area contributed by atoms with Gasteiger partial charge in [-0.15, -0.1) is 0 Å². The van der Waals surface area contributed by atoms with E-state index in [0.717, 1.165) is 6.54 Å². The van der Waals surface area contributed by atoms with Crippen LogP contribution >= 0.6 is 0 Å². The average Bonchev–Trinajstić information content (AvgIpc) is 2.51. The van der Waals surface area contributed by atoms with Gasteiger partial charge >= 0.3 is 0 Å². The third-order valence-electron chi connectivity index (χ3n) is 1.13. The van der Waals surface area contributed by atoms with Gasteiger partial charge in [0.2, 0.25) is 0 Å². The van der Waals surface area contributed by atoms with Crippen LogP contribution in [0.25, 0.3) is 0 Å². The number of ether oxygens (including phenoxy) is 1. The van der Waals surface area contributed by atoms with Gasteiger partial charge in [-0.3, -0.25) is 9.69 Å². The van der Waals surface area contributed by atoms with Crippen molar-refractivity contribution in [1.82, 2.24) is 4.90 Å². The van der Waals surface area contributed by atoms with Crippen LogP contribution in [0.5, 0.6) is 0 Å². The zero-order valence-electron chi connectivity index (χ0n) is 4.67. The standard InChI is InChI=1S/C5H9NO2/c7-5-8-4-3-6-1-2-6/h5H,1-4H2. The molecule has 0 saturated carbocycles. The zero-order valence-corrected chi connectivity index (χ0v) is 4.67. The van der Waals surface area contributed by atoms with Crippen molar-refractivity contribution in [1.29, 1.82) is 0 Å². The van der Waals surface area contributed by atoms with Crippen LogP contribution in [0.4, 0.5) is 0 Å². The molecule has 0 aliphatic carbocycles. The summed E-state index contributed by atoms with van der Waals surface area (Å²) in [7, 11) is 0. The van der Waals surface area contributed by atoms with Crippen LogP contribution in [0, 0.1) is 0 Å². The summed E-state index contributed by atoms with van der Waals surface area (Å²) in [5, 5.41) is 0. The van der Waals surface area contributed by atoms with Crippen LogP contribution in [-0.2, 0) is 9.53 Å². The topological polar surface area (TPSA) is 29.3 Å². The van der Waals surface area contributed by atoms with Crippen molar-refractivity contribution < 1.29 is 9.53 Å². The fraction of sp³-hybridized carbons (Fsp3) is 0.800. The van der Waals surface area contributed by atoms with Gasteiger partial charge in [0.05, 0.1) is 0 Å². The summed E-state index contributed by atoms with van der Waals surface area (Å²) in [5.41, 5.74) is 0. The first kappa shape index (κ1) is 5.56. The molecular weight excluding hydrogens is 106 g/mol. The number of nitrogens with zero attached hydrogens (tertiary/aromatic N) is 1. The third kappa shape index (κ3) is 1.93. The minimum atomic E-state index is 0.490. The van der Waals surface area contributed by atoms with Crippen LogP contribution in [0.1, 0.15) is 0 Å². The molecule has 0 spiro atoms. The van der Waals surface area contributed by atoms with E-state index in [0.29, 0.717) is 13.1 Å². The van der Waals surface area contributed by atoms with Gasteiger partial charge in [0.25, 0.3) is 6.47 Å². The van der Waals surface area contributed by atoms with Crippen molar-refractivity contribution >= 4 is 6.47 Å². The maximum Gasteiger partial charge on any atom is 0.293 e. The lowest BCUT2D eigenvalue weighted by Gasteiger charge is -1.95. The maximum atomic E-state index is 9.57. The molecule has 0 bridgehead atoms. The van der Waals surface area contributed by atoms with Crippen LogP contribution in [-0.4, -0.2) is 37.6 Å². The second-order valence-electron chi connectivity index (χ2n) is 1.81. The summed E-state index contributed by atoms with van der Waals surface area (Å²) < 4.78 is 4.46. The molecule has 0 amide bonds. The molecule has 0 aromatic heterocycles. The van der Waals surface area contributed by atoms with Gasteiger partial charge in [0.15, 0.2) is 0 Å². The van der Waals surface area contributed by atoms with Crippen molar-refractivity contribution in [3.8, 4) is 0 Å². The SMILES string of the molecule is O=COCCN1CC1.